The van der Waals surface area contributed by atoms with Crippen LogP contribution in [0.1, 0.15) is 24.4 Å². The van der Waals surface area contributed by atoms with Crippen molar-refractivity contribution in [3.63, 3.8) is 0 Å². The molecule has 1 aliphatic rings. The lowest BCUT2D eigenvalue weighted by Crippen LogP contribution is -2.34. The average Bonchev–Trinajstić information content (AvgIpc) is 2.17. The smallest absolute Gasteiger partial charge is 0.130 e. The molecule has 15 heavy (non-hydrogen) atoms. The Hall–Kier alpha value is -1.00. The summed E-state index contributed by atoms with van der Waals surface area (Å²) < 4.78 is 26.1. The number of hydrogen-bond donors (Lipinski definition) is 2. The molecule has 2 N–H and O–H groups in total. The van der Waals surface area contributed by atoms with Crippen LogP contribution in [0.4, 0.5) is 8.78 Å². The highest BCUT2D eigenvalue weighted by Gasteiger charge is 2.23. The van der Waals surface area contributed by atoms with Gasteiger partial charge in [-0.15, -0.1) is 0 Å². The molecule has 0 aromatic heterocycles. The monoisotopic (exact) mass is 213 g/mol. The second kappa shape index (κ2) is 4.24. The minimum atomic E-state index is -0.576. The summed E-state index contributed by atoms with van der Waals surface area (Å²) in [6, 6.07) is 3.33. The molecular weight excluding hydrogens is 200 g/mol. The fourth-order valence-corrected chi connectivity index (χ4v) is 1.92. The van der Waals surface area contributed by atoms with Crippen molar-refractivity contribution in [2.24, 2.45) is 0 Å². The zero-order valence-corrected chi connectivity index (χ0v) is 8.21. The fourth-order valence-electron chi connectivity index (χ4n) is 1.92. The number of aliphatic hydroxyl groups excluding tert-OH is 1. The molecule has 2 atom stereocenters. The molecule has 0 saturated carbocycles. The number of piperidine rings is 1. The largest absolute Gasteiger partial charge is 0.393 e. The molecule has 1 aromatic carbocycles. The van der Waals surface area contributed by atoms with E-state index in [2.05, 4.69) is 5.32 Å². The van der Waals surface area contributed by atoms with E-state index in [0.29, 0.717) is 24.9 Å². The molecule has 0 amide bonds. The Morgan fingerprint density at radius 3 is 2.80 bits per heavy atom. The van der Waals surface area contributed by atoms with Gasteiger partial charge in [-0.25, -0.2) is 8.78 Å². The van der Waals surface area contributed by atoms with E-state index < -0.39 is 17.7 Å². The fraction of sp³-hybridized carbons (Fsp3) is 0.455. The Labute approximate surface area is 86.9 Å². The van der Waals surface area contributed by atoms with Crippen molar-refractivity contribution in [1.29, 1.82) is 0 Å². The average molecular weight is 213 g/mol. The molecule has 82 valence electrons. The van der Waals surface area contributed by atoms with Gasteiger partial charge in [0.05, 0.1) is 6.10 Å². The summed E-state index contributed by atoms with van der Waals surface area (Å²) in [5.74, 6) is -1.13. The van der Waals surface area contributed by atoms with Gasteiger partial charge in [-0.05, 0) is 25.5 Å². The van der Waals surface area contributed by atoms with Crippen LogP contribution in [0.2, 0.25) is 0 Å². The molecule has 1 saturated heterocycles. The molecule has 2 rings (SSSR count). The summed E-state index contributed by atoms with van der Waals surface area (Å²) in [6.45, 7) is 0.655. The molecule has 0 radical (unpaired) electrons. The first-order valence-corrected chi connectivity index (χ1v) is 5.03. The van der Waals surface area contributed by atoms with Crippen LogP contribution >= 0.6 is 0 Å². The Morgan fingerprint density at radius 2 is 2.13 bits per heavy atom. The highest BCUT2D eigenvalue weighted by Crippen LogP contribution is 2.25. The molecule has 0 spiro atoms. The minimum Gasteiger partial charge on any atom is -0.393 e. The highest BCUT2D eigenvalue weighted by atomic mass is 19.1. The van der Waals surface area contributed by atoms with Crippen LogP contribution in [0, 0.1) is 11.6 Å². The topological polar surface area (TPSA) is 32.3 Å². The normalized spacial score (nSPS) is 26.6. The Kier molecular flexibility index (Phi) is 2.98. The van der Waals surface area contributed by atoms with E-state index in [1.807, 2.05) is 0 Å². The maximum Gasteiger partial charge on any atom is 0.130 e. The number of halogens is 2. The zero-order chi connectivity index (χ0) is 10.8. The first-order valence-electron chi connectivity index (χ1n) is 5.03. The van der Waals surface area contributed by atoms with E-state index in [1.54, 1.807) is 0 Å². The molecule has 1 heterocycles. The Bertz CT molecular complexity index is 356. The van der Waals surface area contributed by atoms with E-state index in [1.165, 1.54) is 12.1 Å². The van der Waals surface area contributed by atoms with Gasteiger partial charge in [-0.3, -0.25) is 0 Å². The zero-order valence-electron chi connectivity index (χ0n) is 8.21. The molecule has 1 fully saturated rings. The van der Waals surface area contributed by atoms with E-state index >= 15 is 0 Å². The lowest BCUT2D eigenvalue weighted by molar-refractivity contribution is 0.116. The first kappa shape index (κ1) is 10.5. The van der Waals surface area contributed by atoms with Crippen molar-refractivity contribution in [1.82, 2.24) is 5.32 Å². The van der Waals surface area contributed by atoms with Crippen molar-refractivity contribution in [2.75, 3.05) is 6.54 Å². The molecule has 4 heteroatoms. The maximum absolute atomic E-state index is 13.4. The summed E-state index contributed by atoms with van der Waals surface area (Å²) in [7, 11) is 0. The third-order valence-corrected chi connectivity index (χ3v) is 2.71. The summed E-state index contributed by atoms with van der Waals surface area (Å²) in [5.41, 5.74) is 0.426. The van der Waals surface area contributed by atoms with Crippen LogP contribution in [0.3, 0.4) is 0 Å². The third kappa shape index (κ3) is 2.33. The predicted octanol–water partition coefficient (Wildman–Crippen LogP) is 1.75. The van der Waals surface area contributed by atoms with Gasteiger partial charge in [0.1, 0.15) is 11.6 Å². The summed E-state index contributed by atoms with van der Waals surface area (Å²) in [5, 5.41) is 12.6. The van der Waals surface area contributed by atoms with Crippen LogP contribution in [-0.2, 0) is 0 Å². The summed E-state index contributed by atoms with van der Waals surface area (Å²) in [6.07, 6.45) is 0.753. The minimum absolute atomic E-state index is 0.214. The van der Waals surface area contributed by atoms with Gasteiger partial charge in [0, 0.05) is 17.7 Å². The van der Waals surface area contributed by atoms with Crippen molar-refractivity contribution in [3.05, 3.63) is 35.4 Å². The van der Waals surface area contributed by atoms with Gasteiger partial charge >= 0.3 is 0 Å². The van der Waals surface area contributed by atoms with Gasteiger partial charge < -0.3 is 10.4 Å². The first-order chi connectivity index (χ1) is 7.16. The Balaban J connectivity index is 2.21. The molecular formula is C11H13F2NO. The second-order valence-corrected chi connectivity index (χ2v) is 3.85. The van der Waals surface area contributed by atoms with Crippen LogP contribution in [0.15, 0.2) is 18.2 Å². The van der Waals surface area contributed by atoms with Gasteiger partial charge in [0.2, 0.25) is 0 Å². The van der Waals surface area contributed by atoms with Gasteiger partial charge in [-0.1, -0.05) is 6.07 Å². The van der Waals surface area contributed by atoms with Gasteiger partial charge in [0.25, 0.3) is 0 Å². The van der Waals surface area contributed by atoms with Crippen molar-refractivity contribution in [3.8, 4) is 0 Å². The molecule has 2 nitrogen and oxygen atoms in total. The van der Waals surface area contributed by atoms with Crippen molar-refractivity contribution < 1.29 is 13.9 Å². The third-order valence-electron chi connectivity index (χ3n) is 2.71. The number of nitrogens with one attached hydrogen (secondary N) is 1. The molecule has 1 aliphatic heterocycles. The highest BCUT2D eigenvalue weighted by molar-refractivity contribution is 5.22. The lowest BCUT2D eigenvalue weighted by Gasteiger charge is -2.27. The summed E-state index contributed by atoms with van der Waals surface area (Å²) >= 11 is 0. The number of hydrogen-bond acceptors (Lipinski definition) is 2. The summed E-state index contributed by atoms with van der Waals surface area (Å²) in [4.78, 5) is 0. The number of aliphatic hydroxyl groups is 1. The quantitative estimate of drug-likeness (QED) is 0.745. The number of rotatable bonds is 1. The van der Waals surface area contributed by atoms with E-state index in [-0.39, 0.29) is 6.04 Å². The molecule has 1 unspecified atom stereocenters. The lowest BCUT2D eigenvalue weighted by atomic mass is 9.95. The molecule has 0 bridgehead atoms. The van der Waals surface area contributed by atoms with Gasteiger partial charge in [-0.2, -0.15) is 0 Å². The van der Waals surface area contributed by atoms with Crippen LogP contribution in [0.5, 0.6) is 0 Å². The van der Waals surface area contributed by atoms with Crippen molar-refractivity contribution >= 4 is 0 Å². The van der Waals surface area contributed by atoms with E-state index in [4.69, 9.17) is 0 Å². The second-order valence-electron chi connectivity index (χ2n) is 3.85. The van der Waals surface area contributed by atoms with Gasteiger partial charge in [0.15, 0.2) is 0 Å². The molecule has 0 aliphatic carbocycles. The van der Waals surface area contributed by atoms with Crippen LogP contribution in [-0.4, -0.2) is 17.8 Å². The van der Waals surface area contributed by atoms with Crippen LogP contribution < -0.4 is 5.32 Å². The predicted molar refractivity (Wildman–Crippen MR) is 52.3 cm³/mol. The Morgan fingerprint density at radius 1 is 1.33 bits per heavy atom. The number of benzene rings is 1. The van der Waals surface area contributed by atoms with Crippen molar-refractivity contribution in [2.45, 2.75) is 25.0 Å². The van der Waals surface area contributed by atoms with Crippen LogP contribution in [0.25, 0.3) is 0 Å². The van der Waals surface area contributed by atoms with E-state index in [9.17, 15) is 13.9 Å². The maximum atomic E-state index is 13.4. The SMILES string of the molecule is O[C@H]1CCNC(c2ccc(F)cc2F)C1. The molecule has 1 aromatic rings. The standard InChI is InChI=1S/C11H13F2NO/c12-7-1-2-9(10(13)5-7)11-6-8(15)3-4-14-11/h1-2,5,8,11,14-15H,3-4,6H2/t8-,11?/m0/s1. The van der Waals surface area contributed by atoms with E-state index in [0.717, 1.165) is 6.07 Å².